The van der Waals surface area contributed by atoms with E-state index < -0.39 is 0 Å². The van der Waals surface area contributed by atoms with Crippen LogP contribution in [0.5, 0.6) is 11.6 Å². The van der Waals surface area contributed by atoms with E-state index in [0.717, 1.165) is 0 Å². The molecular formula is C13H7ClN2O2. The molecule has 0 unspecified atom stereocenters. The molecular weight excluding hydrogens is 252 g/mol. The van der Waals surface area contributed by atoms with Crippen LogP contribution < -0.4 is 4.74 Å². The zero-order chi connectivity index (χ0) is 13.0. The highest BCUT2D eigenvalue weighted by molar-refractivity contribution is 6.30. The van der Waals surface area contributed by atoms with Crippen molar-refractivity contribution in [3.8, 4) is 17.7 Å². The van der Waals surface area contributed by atoms with E-state index in [1.165, 1.54) is 12.3 Å². The molecule has 0 amide bonds. The molecule has 0 bridgehead atoms. The summed E-state index contributed by atoms with van der Waals surface area (Å²) in [6, 6.07) is 9.77. The van der Waals surface area contributed by atoms with Crippen LogP contribution in [0.4, 0.5) is 0 Å². The quantitative estimate of drug-likeness (QED) is 0.793. The number of rotatable bonds is 3. The Balaban J connectivity index is 2.31. The Kier molecular flexibility index (Phi) is 3.56. The summed E-state index contributed by atoms with van der Waals surface area (Å²) >= 11 is 5.70. The summed E-state index contributed by atoms with van der Waals surface area (Å²) in [4.78, 5) is 14.6. The summed E-state index contributed by atoms with van der Waals surface area (Å²) in [7, 11) is 0. The van der Waals surface area contributed by atoms with E-state index >= 15 is 0 Å². The number of aromatic nitrogens is 1. The zero-order valence-electron chi connectivity index (χ0n) is 9.13. The Morgan fingerprint density at radius 3 is 2.78 bits per heavy atom. The number of carbonyl (C=O) groups is 1. The smallest absolute Gasteiger partial charge is 0.219 e. The molecule has 0 atom stereocenters. The number of nitriles is 1. The van der Waals surface area contributed by atoms with Crippen LogP contribution in [0.15, 0.2) is 36.5 Å². The summed E-state index contributed by atoms with van der Waals surface area (Å²) in [5.41, 5.74) is 0.694. The molecule has 0 aliphatic carbocycles. The standard InChI is InChI=1S/C13H7ClN2O2/c14-11-2-4-13(16-7-11)18-12-3-1-9(8-17)5-10(12)6-15/h1-5,7-8H. The second kappa shape index (κ2) is 5.30. The van der Waals surface area contributed by atoms with E-state index in [1.807, 2.05) is 6.07 Å². The van der Waals surface area contributed by atoms with Crippen LogP contribution in [0.2, 0.25) is 5.02 Å². The highest BCUT2D eigenvalue weighted by Crippen LogP contribution is 2.24. The van der Waals surface area contributed by atoms with Crippen molar-refractivity contribution in [3.63, 3.8) is 0 Å². The predicted molar refractivity (Wildman–Crippen MR) is 65.9 cm³/mol. The van der Waals surface area contributed by atoms with Crippen LogP contribution in [-0.4, -0.2) is 11.3 Å². The van der Waals surface area contributed by atoms with E-state index in [0.29, 0.717) is 28.5 Å². The molecule has 0 N–H and O–H groups in total. The Labute approximate surface area is 108 Å². The van der Waals surface area contributed by atoms with E-state index in [9.17, 15) is 4.79 Å². The molecule has 1 aromatic heterocycles. The summed E-state index contributed by atoms with van der Waals surface area (Å²) in [6.45, 7) is 0. The van der Waals surface area contributed by atoms with Gasteiger partial charge >= 0.3 is 0 Å². The van der Waals surface area contributed by atoms with Crippen molar-refractivity contribution < 1.29 is 9.53 Å². The Hall–Kier alpha value is -2.38. The highest BCUT2D eigenvalue weighted by Gasteiger charge is 2.06. The molecule has 0 aliphatic rings. The minimum Gasteiger partial charge on any atom is -0.438 e. The monoisotopic (exact) mass is 258 g/mol. The third-order valence-electron chi connectivity index (χ3n) is 2.17. The fourth-order valence-electron chi connectivity index (χ4n) is 1.33. The third-order valence-corrected chi connectivity index (χ3v) is 2.40. The van der Waals surface area contributed by atoms with Gasteiger partial charge in [0.05, 0.1) is 10.6 Å². The van der Waals surface area contributed by atoms with Crippen LogP contribution in [0, 0.1) is 11.3 Å². The molecule has 1 aromatic carbocycles. The van der Waals surface area contributed by atoms with Crippen molar-refractivity contribution in [3.05, 3.63) is 52.7 Å². The molecule has 0 saturated carbocycles. The molecule has 1 heterocycles. The lowest BCUT2D eigenvalue weighted by molar-refractivity contribution is 0.112. The average Bonchev–Trinajstić information content (AvgIpc) is 2.41. The Bertz CT molecular complexity index is 618. The lowest BCUT2D eigenvalue weighted by Crippen LogP contribution is -1.92. The first-order valence-corrected chi connectivity index (χ1v) is 5.39. The van der Waals surface area contributed by atoms with Crippen molar-refractivity contribution >= 4 is 17.9 Å². The first-order valence-electron chi connectivity index (χ1n) is 5.01. The SMILES string of the molecule is N#Cc1cc(C=O)ccc1Oc1ccc(Cl)cn1. The molecule has 88 valence electrons. The maximum atomic E-state index is 10.6. The molecule has 18 heavy (non-hydrogen) atoms. The van der Waals surface area contributed by atoms with Gasteiger partial charge in [-0.05, 0) is 24.3 Å². The predicted octanol–water partition coefficient (Wildman–Crippen LogP) is 3.21. The Morgan fingerprint density at radius 1 is 1.33 bits per heavy atom. The number of carbonyl (C=O) groups excluding carboxylic acids is 1. The van der Waals surface area contributed by atoms with Gasteiger partial charge in [0.1, 0.15) is 18.1 Å². The van der Waals surface area contributed by atoms with E-state index in [1.54, 1.807) is 24.3 Å². The average molecular weight is 259 g/mol. The first-order chi connectivity index (χ1) is 8.72. The van der Waals surface area contributed by atoms with Gasteiger partial charge in [-0.1, -0.05) is 11.6 Å². The number of ether oxygens (including phenoxy) is 1. The lowest BCUT2D eigenvalue weighted by atomic mass is 10.1. The van der Waals surface area contributed by atoms with Gasteiger partial charge in [-0.2, -0.15) is 5.26 Å². The van der Waals surface area contributed by atoms with Crippen molar-refractivity contribution in [2.75, 3.05) is 0 Å². The van der Waals surface area contributed by atoms with Crippen LogP contribution in [0.3, 0.4) is 0 Å². The summed E-state index contributed by atoms with van der Waals surface area (Å²) in [6.07, 6.45) is 2.12. The van der Waals surface area contributed by atoms with Crippen molar-refractivity contribution in [2.24, 2.45) is 0 Å². The first kappa shape index (κ1) is 12.1. The van der Waals surface area contributed by atoms with Gasteiger partial charge in [-0.3, -0.25) is 4.79 Å². The number of hydrogen-bond acceptors (Lipinski definition) is 4. The van der Waals surface area contributed by atoms with Gasteiger partial charge in [0.25, 0.3) is 0 Å². The second-order valence-corrected chi connectivity index (χ2v) is 3.84. The summed E-state index contributed by atoms with van der Waals surface area (Å²) in [5, 5.41) is 9.47. The molecule has 0 fully saturated rings. The molecule has 4 nitrogen and oxygen atoms in total. The normalized spacial score (nSPS) is 9.56. The summed E-state index contributed by atoms with van der Waals surface area (Å²) < 4.78 is 5.45. The minimum atomic E-state index is 0.274. The maximum Gasteiger partial charge on any atom is 0.219 e. The fourth-order valence-corrected chi connectivity index (χ4v) is 1.44. The van der Waals surface area contributed by atoms with E-state index in [4.69, 9.17) is 21.6 Å². The maximum absolute atomic E-state index is 10.6. The number of halogens is 1. The van der Waals surface area contributed by atoms with Crippen LogP contribution in [0.25, 0.3) is 0 Å². The molecule has 0 saturated heterocycles. The largest absolute Gasteiger partial charge is 0.438 e. The topological polar surface area (TPSA) is 63.0 Å². The van der Waals surface area contributed by atoms with Gasteiger partial charge in [-0.25, -0.2) is 4.98 Å². The van der Waals surface area contributed by atoms with Crippen LogP contribution in [-0.2, 0) is 0 Å². The lowest BCUT2D eigenvalue weighted by Gasteiger charge is -2.06. The van der Waals surface area contributed by atoms with Crippen molar-refractivity contribution in [2.45, 2.75) is 0 Å². The van der Waals surface area contributed by atoms with Crippen molar-refractivity contribution in [1.29, 1.82) is 5.26 Å². The molecule has 0 spiro atoms. The van der Waals surface area contributed by atoms with Crippen LogP contribution in [0.1, 0.15) is 15.9 Å². The van der Waals surface area contributed by atoms with Gasteiger partial charge < -0.3 is 4.74 Å². The number of hydrogen-bond donors (Lipinski definition) is 0. The summed E-state index contributed by atoms with van der Waals surface area (Å²) in [5.74, 6) is 0.674. The zero-order valence-corrected chi connectivity index (χ0v) is 9.89. The number of pyridine rings is 1. The van der Waals surface area contributed by atoms with Crippen molar-refractivity contribution in [1.82, 2.24) is 4.98 Å². The van der Waals surface area contributed by atoms with E-state index in [2.05, 4.69) is 4.98 Å². The van der Waals surface area contributed by atoms with E-state index in [-0.39, 0.29) is 5.56 Å². The second-order valence-electron chi connectivity index (χ2n) is 3.40. The molecule has 2 aromatic rings. The van der Waals surface area contributed by atoms with Crippen LogP contribution >= 0.6 is 11.6 Å². The minimum absolute atomic E-state index is 0.274. The van der Waals surface area contributed by atoms with Gasteiger partial charge in [0.2, 0.25) is 5.88 Å². The molecule has 2 rings (SSSR count). The molecule has 5 heteroatoms. The number of nitrogens with zero attached hydrogens (tertiary/aromatic N) is 2. The third kappa shape index (κ3) is 2.65. The van der Waals surface area contributed by atoms with Gasteiger partial charge in [0, 0.05) is 17.8 Å². The Morgan fingerprint density at radius 2 is 2.17 bits per heavy atom. The number of aldehydes is 1. The molecule has 0 radical (unpaired) electrons. The fraction of sp³-hybridized carbons (Fsp3) is 0. The highest BCUT2D eigenvalue weighted by atomic mass is 35.5. The van der Waals surface area contributed by atoms with Gasteiger partial charge in [-0.15, -0.1) is 0 Å². The molecule has 0 aliphatic heterocycles. The number of benzene rings is 1. The van der Waals surface area contributed by atoms with Gasteiger partial charge in [0.15, 0.2) is 0 Å².